The van der Waals surface area contributed by atoms with E-state index in [2.05, 4.69) is 15.6 Å². The Labute approximate surface area is 173 Å². The summed E-state index contributed by atoms with van der Waals surface area (Å²) in [6.07, 6.45) is 0.187. The van der Waals surface area contributed by atoms with Gasteiger partial charge in [0.25, 0.3) is 5.91 Å². The lowest BCUT2D eigenvalue weighted by Gasteiger charge is -2.09. The first-order valence-corrected chi connectivity index (χ1v) is 10.2. The van der Waals surface area contributed by atoms with E-state index in [1.807, 2.05) is 43.5 Å². The minimum absolute atomic E-state index is 0.0636. The zero-order valence-corrected chi connectivity index (χ0v) is 17.2. The van der Waals surface area contributed by atoms with Gasteiger partial charge in [-0.1, -0.05) is 35.9 Å². The van der Waals surface area contributed by atoms with E-state index in [9.17, 15) is 9.59 Å². The summed E-state index contributed by atoms with van der Waals surface area (Å²) in [5.41, 5.74) is 3.58. The first-order chi connectivity index (χ1) is 14.0. The second kappa shape index (κ2) is 9.84. The maximum Gasteiger partial charge on any atom is 0.257 e. The molecule has 0 fully saturated rings. The molecule has 0 saturated carbocycles. The molecule has 7 heteroatoms. The number of aromatic nitrogens is 1. The number of rotatable bonds is 8. The summed E-state index contributed by atoms with van der Waals surface area (Å²) in [5.74, 6) is 0.172. The molecule has 0 unspecified atom stereocenters. The topological polar surface area (TPSA) is 80.3 Å². The fourth-order valence-corrected chi connectivity index (χ4v) is 3.47. The zero-order chi connectivity index (χ0) is 20.6. The number of hydrogen-bond acceptors (Lipinski definition) is 5. The molecule has 0 atom stereocenters. The number of ether oxygens (including phenoxy) is 1. The number of nitrogens with zero attached hydrogens (tertiary/aromatic N) is 1. The van der Waals surface area contributed by atoms with E-state index in [4.69, 9.17) is 4.74 Å². The average Bonchev–Trinajstić information content (AvgIpc) is 3.16. The van der Waals surface area contributed by atoms with Gasteiger partial charge >= 0.3 is 0 Å². The molecule has 0 radical (unpaired) electrons. The molecule has 2 aromatic carbocycles. The molecule has 1 heterocycles. The lowest BCUT2D eigenvalue weighted by atomic mass is 10.2. The lowest BCUT2D eigenvalue weighted by molar-refractivity contribution is -0.123. The SMILES string of the molecule is CCNC(=O)COc1cccc(NC(=O)Cc2csc(-c3ccc(C)cc3)n2)c1. The van der Waals surface area contributed by atoms with E-state index in [0.717, 1.165) is 16.3 Å². The number of carbonyl (C=O) groups is 2. The van der Waals surface area contributed by atoms with E-state index in [-0.39, 0.29) is 24.8 Å². The molecule has 3 rings (SSSR count). The highest BCUT2D eigenvalue weighted by molar-refractivity contribution is 7.13. The number of amides is 2. The smallest absolute Gasteiger partial charge is 0.257 e. The van der Waals surface area contributed by atoms with Crippen molar-refractivity contribution in [3.8, 4) is 16.3 Å². The molecule has 3 aromatic rings. The highest BCUT2D eigenvalue weighted by Crippen LogP contribution is 2.24. The van der Waals surface area contributed by atoms with Gasteiger partial charge in [0.1, 0.15) is 10.8 Å². The summed E-state index contributed by atoms with van der Waals surface area (Å²) in [4.78, 5) is 28.4. The van der Waals surface area contributed by atoms with E-state index >= 15 is 0 Å². The van der Waals surface area contributed by atoms with Crippen LogP contribution in [0.5, 0.6) is 5.75 Å². The monoisotopic (exact) mass is 409 g/mol. The molecule has 0 spiro atoms. The van der Waals surface area contributed by atoms with Crippen LogP contribution in [0.4, 0.5) is 5.69 Å². The number of hydrogen-bond donors (Lipinski definition) is 2. The molecular formula is C22H23N3O3S. The van der Waals surface area contributed by atoms with Gasteiger partial charge in [-0.2, -0.15) is 0 Å². The number of carbonyl (C=O) groups excluding carboxylic acids is 2. The van der Waals surface area contributed by atoms with Gasteiger partial charge in [0, 0.05) is 29.2 Å². The minimum Gasteiger partial charge on any atom is -0.484 e. The number of thiazole rings is 1. The van der Waals surface area contributed by atoms with Gasteiger partial charge in [-0.3, -0.25) is 9.59 Å². The van der Waals surface area contributed by atoms with E-state index < -0.39 is 0 Å². The van der Waals surface area contributed by atoms with E-state index in [1.165, 1.54) is 16.9 Å². The van der Waals surface area contributed by atoms with Gasteiger partial charge < -0.3 is 15.4 Å². The number of likely N-dealkylation sites (N-methyl/N-ethyl adjacent to an activating group) is 1. The lowest BCUT2D eigenvalue weighted by Crippen LogP contribution is -2.28. The average molecular weight is 410 g/mol. The summed E-state index contributed by atoms with van der Waals surface area (Å²) in [6, 6.07) is 15.1. The Hall–Kier alpha value is -3.19. The molecule has 0 aliphatic heterocycles. The van der Waals surface area contributed by atoms with Crippen LogP contribution in [0.25, 0.3) is 10.6 Å². The van der Waals surface area contributed by atoms with Crippen molar-refractivity contribution in [2.24, 2.45) is 0 Å². The van der Waals surface area contributed by atoms with Gasteiger partial charge in [0.2, 0.25) is 5.91 Å². The largest absolute Gasteiger partial charge is 0.484 e. The number of nitrogens with one attached hydrogen (secondary N) is 2. The molecule has 29 heavy (non-hydrogen) atoms. The van der Waals surface area contributed by atoms with E-state index in [1.54, 1.807) is 24.3 Å². The summed E-state index contributed by atoms with van der Waals surface area (Å²) in [7, 11) is 0. The van der Waals surface area contributed by atoms with Gasteiger partial charge in [0.15, 0.2) is 6.61 Å². The van der Waals surface area contributed by atoms with Crippen molar-refractivity contribution in [2.75, 3.05) is 18.5 Å². The Balaban J connectivity index is 1.56. The zero-order valence-electron chi connectivity index (χ0n) is 16.4. The van der Waals surface area contributed by atoms with Crippen molar-refractivity contribution in [3.63, 3.8) is 0 Å². The predicted octanol–water partition coefficient (Wildman–Crippen LogP) is 3.81. The van der Waals surface area contributed by atoms with Crippen LogP contribution in [-0.4, -0.2) is 29.9 Å². The van der Waals surface area contributed by atoms with Crippen molar-refractivity contribution < 1.29 is 14.3 Å². The van der Waals surface area contributed by atoms with Crippen molar-refractivity contribution in [2.45, 2.75) is 20.3 Å². The van der Waals surface area contributed by atoms with Crippen molar-refractivity contribution in [3.05, 3.63) is 65.2 Å². The number of benzene rings is 2. The summed E-state index contributed by atoms with van der Waals surface area (Å²) >= 11 is 1.52. The van der Waals surface area contributed by atoms with Crippen LogP contribution in [-0.2, 0) is 16.0 Å². The molecular weight excluding hydrogens is 386 g/mol. The molecule has 2 N–H and O–H groups in total. The van der Waals surface area contributed by atoms with Crippen LogP contribution in [0.2, 0.25) is 0 Å². The summed E-state index contributed by atoms with van der Waals surface area (Å²) in [5, 5.41) is 8.31. The van der Waals surface area contributed by atoms with Crippen LogP contribution in [0.1, 0.15) is 18.2 Å². The fraction of sp³-hybridized carbons (Fsp3) is 0.227. The van der Waals surface area contributed by atoms with Crippen LogP contribution >= 0.6 is 11.3 Å². The summed E-state index contributed by atoms with van der Waals surface area (Å²) in [6.45, 7) is 4.38. The summed E-state index contributed by atoms with van der Waals surface area (Å²) < 4.78 is 5.45. The quantitative estimate of drug-likeness (QED) is 0.593. The molecule has 2 amide bonds. The maximum atomic E-state index is 12.4. The Morgan fingerprint density at radius 1 is 1.10 bits per heavy atom. The van der Waals surface area contributed by atoms with Crippen molar-refractivity contribution in [1.82, 2.24) is 10.3 Å². The normalized spacial score (nSPS) is 10.4. The second-order valence-electron chi connectivity index (χ2n) is 6.50. The maximum absolute atomic E-state index is 12.4. The van der Waals surface area contributed by atoms with Crippen LogP contribution in [0.3, 0.4) is 0 Å². The van der Waals surface area contributed by atoms with Gasteiger partial charge in [-0.05, 0) is 26.0 Å². The second-order valence-corrected chi connectivity index (χ2v) is 7.36. The van der Waals surface area contributed by atoms with Crippen molar-refractivity contribution >= 4 is 28.8 Å². The Kier molecular flexibility index (Phi) is 6.97. The third-order valence-corrected chi connectivity index (χ3v) is 4.99. The minimum atomic E-state index is -0.185. The Morgan fingerprint density at radius 2 is 1.90 bits per heavy atom. The first kappa shape index (κ1) is 20.5. The first-order valence-electron chi connectivity index (χ1n) is 9.34. The molecule has 1 aromatic heterocycles. The van der Waals surface area contributed by atoms with Crippen molar-refractivity contribution in [1.29, 1.82) is 0 Å². The molecule has 0 bridgehead atoms. The third-order valence-electron chi connectivity index (χ3n) is 4.05. The predicted molar refractivity (Wildman–Crippen MR) is 115 cm³/mol. The highest BCUT2D eigenvalue weighted by atomic mass is 32.1. The van der Waals surface area contributed by atoms with Crippen LogP contribution in [0, 0.1) is 6.92 Å². The Bertz CT molecular complexity index is 983. The fourth-order valence-electron chi connectivity index (χ4n) is 2.65. The van der Waals surface area contributed by atoms with Gasteiger partial charge in [0.05, 0.1) is 12.1 Å². The third kappa shape index (κ3) is 6.15. The van der Waals surface area contributed by atoms with Crippen LogP contribution < -0.4 is 15.4 Å². The molecule has 0 aliphatic carbocycles. The highest BCUT2D eigenvalue weighted by Gasteiger charge is 2.10. The Morgan fingerprint density at radius 3 is 2.66 bits per heavy atom. The standard InChI is InChI=1S/C22H23N3O3S/c1-3-23-21(27)13-28-19-6-4-5-17(11-19)24-20(26)12-18-14-29-22(25-18)16-9-7-15(2)8-10-16/h4-11,14H,3,12-13H2,1-2H3,(H,23,27)(H,24,26). The van der Waals surface area contributed by atoms with Gasteiger partial charge in [-0.25, -0.2) is 4.98 Å². The van der Waals surface area contributed by atoms with Gasteiger partial charge in [-0.15, -0.1) is 11.3 Å². The molecule has 0 aliphatic rings. The number of anilines is 1. The van der Waals surface area contributed by atoms with E-state index in [0.29, 0.717) is 18.0 Å². The van der Waals surface area contributed by atoms with Crippen LogP contribution in [0.15, 0.2) is 53.9 Å². The molecule has 0 saturated heterocycles. The molecule has 150 valence electrons. The number of aryl methyl sites for hydroxylation is 1. The molecule has 6 nitrogen and oxygen atoms in total.